The van der Waals surface area contributed by atoms with Crippen LogP contribution in [-0.2, 0) is 11.2 Å². The fraction of sp³-hybridized carbons (Fsp3) is 0.611. The van der Waals surface area contributed by atoms with Gasteiger partial charge in [0.25, 0.3) is 0 Å². The van der Waals surface area contributed by atoms with Gasteiger partial charge in [0.15, 0.2) is 0 Å². The number of hydrogen-bond donors (Lipinski definition) is 1. The van der Waals surface area contributed by atoms with Gasteiger partial charge in [-0.15, -0.1) is 0 Å². The predicted molar refractivity (Wildman–Crippen MR) is 93.0 cm³/mol. The van der Waals surface area contributed by atoms with E-state index in [4.69, 9.17) is 9.47 Å². The molecule has 0 saturated heterocycles. The second kappa shape index (κ2) is 8.77. The summed E-state index contributed by atoms with van der Waals surface area (Å²) in [5, 5.41) is 3.28. The second-order valence-corrected chi connectivity index (χ2v) is 6.56. The summed E-state index contributed by atoms with van der Waals surface area (Å²) in [6.45, 7) is 8.81. The number of likely N-dealkylation sites (N-methyl/N-ethyl adjacent to an activating group) is 2. The number of benzene rings is 1. The first-order chi connectivity index (χ1) is 10.8. The third kappa shape index (κ3) is 6.91. The zero-order chi connectivity index (χ0) is 17.5. The number of amides is 1. The van der Waals surface area contributed by atoms with E-state index in [1.807, 2.05) is 52.9 Å². The van der Waals surface area contributed by atoms with E-state index in [2.05, 4.69) is 11.4 Å². The highest BCUT2D eigenvalue weighted by atomic mass is 16.6. The summed E-state index contributed by atoms with van der Waals surface area (Å²) in [4.78, 5) is 14.0. The molecule has 1 rings (SSSR count). The maximum Gasteiger partial charge on any atom is 0.410 e. The molecule has 0 heterocycles. The molecule has 1 aromatic rings. The van der Waals surface area contributed by atoms with E-state index in [0.29, 0.717) is 13.1 Å². The third-order valence-corrected chi connectivity index (χ3v) is 3.50. The van der Waals surface area contributed by atoms with Crippen LogP contribution in [0, 0.1) is 0 Å². The van der Waals surface area contributed by atoms with Gasteiger partial charge in [-0.25, -0.2) is 4.79 Å². The molecule has 5 nitrogen and oxygen atoms in total. The molecular weight excluding hydrogens is 292 g/mol. The smallest absolute Gasteiger partial charge is 0.410 e. The average molecular weight is 322 g/mol. The van der Waals surface area contributed by atoms with Crippen LogP contribution in [0.4, 0.5) is 4.79 Å². The first-order valence-corrected chi connectivity index (χ1v) is 8.07. The molecule has 23 heavy (non-hydrogen) atoms. The Morgan fingerprint density at radius 1 is 1.35 bits per heavy atom. The molecule has 0 aliphatic carbocycles. The van der Waals surface area contributed by atoms with Crippen molar-refractivity contribution < 1.29 is 14.3 Å². The zero-order valence-corrected chi connectivity index (χ0v) is 15.2. The minimum absolute atomic E-state index is 0.148. The van der Waals surface area contributed by atoms with Crippen LogP contribution in [0.25, 0.3) is 0 Å². The van der Waals surface area contributed by atoms with E-state index in [-0.39, 0.29) is 12.1 Å². The van der Waals surface area contributed by atoms with Crippen molar-refractivity contribution in [3.63, 3.8) is 0 Å². The van der Waals surface area contributed by atoms with E-state index in [0.717, 1.165) is 12.2 Å². The van der Waals surface area contributed by atoms with Crippen LogP contribution in [0.15, 0.2) is 24.3 Å². The van der Waals surface area contributed by atoms with Crippen molar-refractivity contribution in [3.8, 4) is 5.75 Å². The van der Waals surface area contributed by atoms with Gasteiger partial charge in [0.05, 0.1) is 7.11 Å². The maximum absolute atomic E-state index is 12.3. The molecule has 0 spiro atoms. The van der Waals surface area contributed by atoms with Crippen molar-refractivity contribution in [2.24, 2.45) is 0 Å². The number of ether oxygens (including phenoxy) is 2. The van der Waals surface area contributed by atoms with Gasteiger partial charge in [-0.3, -0.25) is 0 Å². The minimum atomic E-state index is -0.480. The summed E-state index contributed by atoms with van der Waals surface area (Å²) in [6.07, 6.45) is 0.540. The van der Waals surface area contributed by atoms with Gasteiger partial charge >= 0.3 is 6.09 Å². The van der Waals surface area contributed by atoms with Gasteiger partial charge in [-0.05, 0) is 58.9 Å². The van der Waals surface area contributed by atoms with E-state index >= 15 is 0 Å². The van der Waals surface area contributed by atoms with E-state index in [1.54, 1.807) is 12.0 Å². The Balaban J connectivity index is 2.70. The van der Waals surface area contributed by atoms with E-state index < -0.39 is 5.60 Å². The Kier molecular flexibility index (Phi) is 7.36. The summed E-state index contributed by atoms with van der Waals surface area (Å²) in [5.74, 6) is 0.844. The number of nitrogens with zero attached hydrogens (tertiary/aromatic N) is 1. The quantitative estimate of drug-likeness (QED) is 0.838. The maximum atomic E-state index is 12.3. The lowest BCUT2D eigenvalue weighted by Crippen LogP contribution is -2.45. The molecule has 0 aliphatic rings. The van der Waals surface area contributed by atoms with Gasteiger partial charge in [0.2, 0.25) is 0 Å². The normalized spacial score (nSPS) is 12.6. The summed E-state index contributed by atoms with van der Waals surface area (Å²) in [6, 6.07) is 8.14. The number of hydrogen-bond acceptors (Lipinski definition) is 4. The molecule has 0 radical (unpaired) electrons. The summed E-state index contributed by atoms with van der Waals surface area (Å²) < 4.78 is 10.7. The van der Waals surface area contributed by atoms with Crippen LogP contribution in [0.3, 0.4) is 0 Å². The third-order valence-electron chi connectivity index (χ3n) is 3.50. The lowest BCUT2D eigenvalue weighted by atomic mass is 10.1. The topological polar surface area (TPSA) is 50.8 Å². The van der Waals surface area contributed by atoms with Crippen molar-refractivity contribution in [3.05, 3.63) is 29.8 Å². The van der Waals surface area contributed by atoms with Gasteiger partial charge in [0, 0.05) is 19.1 Å². The highest BCUT2D eigenvalue weighted by Crippen LogP contribution is 2.15. The lowest BCUT2D eigenvalue weighted by molar-refractivity contribution is 0.0244. The fourth-order valence-electron chi connectivity index (χ4n) is 2.27. The monoisotopic (exact) mass is 322 g/mol. The molecule has 0 saturated carbocycles. The Labute approximate surface area is 140 Å². The number of rotatable bonds is 7. The number of methoxy groups -OCH3 is 1. The molecule has 0 aromatic heterocycles. The first-order valence-electron chi connectivity index (χ1n) is 8.07. The summed E-state index contributed by atoms with van der Waals surface area (Å²) in [7, 11) is 3.57. The fourth-order valence-corrected chi connectivity index (χ4v) is 2.27. The van der Waals surface area contributed by atoms with Gasteiger partial charge in [-0.1, -0.05) is 12.1 Å². The van der Waals surface area contributed by atoms with Gasteiger partial charge in [-0.2, -0.15) is 0 Å². The highest BCUT2D eigenvalue weighted by molar-refractivity contribution is 5.68. The van der Waals surface area contributed by atoms with Crippen molar-refractivity contribution in [2.45, 2.75) is 45.8 Å². The van der Waals surface area contributed by atoms with Crippen molar-refractivity contribution in [1.82, 2.24) is 10.2 Å². The molecule has 0 fully saturated rings. The molecule has 1 N–H and O–H groups in total. The van der Waals surface area contributed by atoms with E-state index in [9.17, 15) is 4.79 Å². The van der Waals surface area contributed by atoms with Crippen molar-refractivity contribution in [1.29, 1.82) is 0 Å². The molecule has 5 heteroatoms. The predicted octanol–water partition coefficient (Wildman–Crippen LogP) is 3.08. The van der Waals surface area contributed by atoms with Crippen LogP contribution in [0.2, 0.25) is 0 Å². The van der Waals surface area contributed by atoms with Crippen molar-refractivity contribution in [2.75, 3.05) is 27.2 Å². The number of nitrogens with one attached hydrogen (secondary N) is 1. The molecule has 0 unspecified atom stereocenters. The van der Waals surface area contributed by atoms with Crippen LogP contribution in [0.1, 0.15) is 33.3 Å². The van der Waals surface area contributed by atoms with Crippen LogP contribution >= 0.6 is 0 Å². The Morgan fingerprint density at radius 2 is 2.04 bits per heavy atom. The number of carbonyl (C=O) groups is 1. The molecule has 1 amide bonds. The number of carbonyl (C=O) groups excluding carboxylic acids is 1. The SMILES string of the molecule is CCN(C[C@@H](Cc1cccc(OC)c1)NC)C(=O)OC(C)(C)C. The largest absolute Gasteiger partial charge is 0.497 e. The molecular formula is C18H30N2O3. The molecule has 1 atom stereocenters. The molecule has 1 aromatic carbocycles. The Bertz CT molecular complexity index is 497. The highest BCUT2D eigenvalue weighted by Gasteiger charge is 2.23. The molecule has 130 valence electrons. The minimum Gasteiger partial charge on any atom is -0.497 e. The standard InChI is InChI=1S/C18H30N2O3/c1-7-20(17(21)23-18(2,3)4)13-15(19-5)11-14-9-8-10-16(12-14)22-6/h8-10,12,15,19H,7,11,13H2,1-6H3/t15-/m1/s1. The van der Waals surface area contributed by atoms with Crippen LogP contribution < -0.4 is 10.1 Å². The first kappa shape index (κ1) is 19.3. The zero-order valence-electron chi connectivity index (χ0n) is 15.2. The van der Waals surface area contributed by atoms with E-state index in [1.165, 1.54) is 5.56 Å². The Morgan fingerprint density at radius 3 is 2.57 bits per heavy atom. The van der Waals surface area contributed by atoms with Crippen LogP contribution in [-0.4, -0.2) is 49.9 Å². The average Bonchev–Trinajstić information content (AvgIpc) is 2.49. The van der Waals surface area contributed by atoms with Gasteiger partial charge in [0.1, 0.15) is 11.4 Å². The van der Waals surface area contributed by atoms with Crippen LogP contribution in [0.5, 0.6) is 5.75 Å². The lowest BCUT2D eigenvalue weighted by Gasteiger charge is -2.29. The second-order valence-electron chi connectivity index (χ2n) is 6.56. The summed E-state index contributed by atoms with van der Waals surface area (Å²) >= 11 is 0. The molecule has 0 aliphatic heterocycles. The molecule has 0 bridgehead atoms. The van der Waals surface area contributed by atoms with Crippen molar-refractivity contribution >= 4 is 6.09 Å². The summed E-state index contributed by atoms with van der Waals surface area (Å²) in [5.41, 5.74) is 0.691. The van der Waals surface area contributed by atoms with Gasteiger partial charge < -0.3 is 19.7 Å². The Hall–Kier alpha value is -1.75.